The summed E-state index contributed by atoms with van der Waals surface area (Å²) in [6.45, 7) is 6.20. The lowest BCUT2D eigenvalue weighted by atomic mass is 9.88. The molecule has 4 rings (SSSR count). The van der Waals surface area contributed by atoms with Crippen LogP contribution in [0.2, 0.25) is 0 Å². The SMILES string of the molecule is CC/C(=C(/c1ccc(OCCN2CCCCC2)cc1)c1ccc(OC(=O)CCC[SH](C)(C)=O)cc1)c1ccccc1. The van der Waals surface area contributed by atoms with Crippen molar-refractivity contribution in [3.8, 4) is 11.5 Å². The van der Waals surface area contributed by atoms with Crippen LogP contribution in [0.4, 0.5) is 0 Å². The molecule has 1 fully saturated rings. The second kappa shape index (κ2) is 15.1. The van der Waals surface area contributed by atoms with Gasteiger partial charge in [0.2, 0.25) is 0 Å². The van der Waals surface area contributed by atoms with Gasteiger partial charge in [-0.1, -0.05) is 67.9 Å². The summed E-state index contributed by atoms with van der Waals surface area (Å²) in [5, 5.41) is 0. The molecule has 0 atom stereocenters. The van der Waals surface area contributed by atoms with Crippen molar-refractivity contribution in [1.29, 1.82) is 0 Å². The van der Waals surface area contributed by atoms with E-state index in [-0.39, 0.29) is 12.4 Å². The topological polar surface area (TPSA) is 55.8 Å². The lowest BCUT2D eigenvalue weighted by Gasteiger charge is -2.26. The summed E-state index contributed by atoms with van der Waals surface area (Å²) in [5.74, 6) is 1.66. The molecule has 0 unspecified atom stereocenters. The third kappa shape index (κ3) is 9.68. The molecule has 3 aromatic carbocycles. The maximum Gasteiger partial charge on any atom is 0.311 e. The first-order valence-corrected chi connectivity index (χ1v) is 17.7. The molecule has 0 saturated carbocycles. The Balaban J connectivity index is 1.51. The summed E-state index contributed by atoms with van der Waals surface area (Å²) in [6, 6.07) is 26.6. The van der Waals surface area contributed by atoms with Crippen molar-refractivity contribution in [2.75, 3.05) is 44.5 Å². The van der Waals surface area contributed by atoms with E-state index in [1.165, 1.54) is 43.5 Å². The van der Waals surface area contributed by atoms with E-state index in [4.69, 9.17) is 9.47 Å². The summed E-state index contributed by atoms with van der Waals surface area (Å²) in [4.78, 5) is 14.8. The van der Waals surface area contributed by atoms with E-state index in [0.29, 0.717) is 24.5 Å². The number of rotatable bonds is 13. The first-order valence-electron chi connectivity index (χ1n) is 14.9. The van der Waals surface area contributed by atoms with E-state index in [1.807, 2.05) is 30.3 Å². The Morgan fingerprint density at radius 3 is 2.00 bits per heavy atom. The van der Waals surface area contributed by atoms with Gasteiger partial charge < -0.3 is 9.47 Å². The fraction of sp³-hybridized carbons (Fsp3) is 0.400. The van der Waals surface area contributed by atoms with Crippen molar-refractivity contribution in [1.82, 2.24) is 4.90 Å². The first kappa shape index (κ1) is 30.7. The van der Waals surface area contributed by atoms with E-state index in [0.717, 1.165) is 35.4 Å². The standard InChI is InChI=1S/C35H45NO4S/c1-4-33(28-12-7-5-8-13-28)35(29-15-19-31(20-16-29)39-26-25-36-23-9-6-10-24-36)30-17-21-32(22-18-30)40-34(37)14-11-27-41(2,3)38/h5,7-8,12-13,15-22,41H,4,6,9-11,14,23-27H2,1-3H3/b35-33+. The quantitative estimate of drug-likeness (QED) is 0.104. The van der Waals surface area contributed by atoms with Gasteiger partial charge in [0.15, 0.2) is 0 Å². The number of carbonyl (C=O) groups excluding carboxylic acids is 1. The summed E-state index contributed by atoms with van der Waals surface area (Å²) in [6.07, 6.45) is 9.12. The predicted molar refractivity (Wildman–Crippen MR) is 172 cm³/mol. The van der Waals surface area contributed by atoms with E-state index < -0.39 is 9.93 Å². The third-order valence-corrected chi connectivity index (χ3v) is 8.89. The molecule has 0 aromatic heterocycles. The van der Waals surface area contributed by atoms with Crippen LogP contribution in [0.5, 0.6) is 11.5 Å². The molecule has 6 heteroatoms. The van der Waals surface area contributed by atoms with E-state index >= 15 is 0 Å². The van der Waals surface area contributed by atoms with Crippen LogP contribution in [0.15, 0.2) is 78.9 Å². The van der Waals surface area contributed by atoms with Crippen LogP contribution in [-0.4, -0.2) is 59.6 Å². The predicted octanol–water partition coefficient (Wildman–Crippen LogP) is 6.88. The number of likely N-dealkylation sites (tertiary alicyclic amines) is 1. The molecule has 0 bridgehead atoms. The second-order valence-electron chi connectivity index (χ2n) is 11.2. The van der Waals surface area contributed by atoms with Crippen molar-refractivity contribution in [2.45, 2.75) is 45.4 Å². The monoisotopic (exact) mass is 575 g/mol. The van der Waals surface area contributed by atoms with Gasteiger partial charge in [-0.25, -0.2) is 0 Å². The zero-order valence-electron chi connectivity index (χ0n) is 24.8. The molecular weight excluding hydrogens is 530 g/mol. The number of esters is 1. The van der Waals surface area contributed by atoms with Crippen LogP contribution in [0, 0.1) is 0 Å². The average Bonchev–Trinajstić information content (AvgIpc) is 2.97. The Bertz CT molecular complexity index is 1320. The molecule has 0 N–H and O–H groups in total. The van der Waals surface area contributed by atoms with Crippen LogP contribution in [0.1, 0.15) is 62.1 Å². The summed E-state index contributed by atoms with van der Waals surface area (Å²) >= 11 is 0. The molecule has 220 valence electrons. The van der Waals surface area contributed by atoms with Crippen LogP contribution >= 0.6 is 0 Å². The van der Waals surface area contributed by atoms with Crippen molar-refractivity contribution in [3.63, 3.8) is 0 Å². The molecule has 0 aliphatic carbocycles. The highest BCUT2D eigenvalue weighted by Gasteiger charge is 2.15. The molecule has 3 aromatic rings. The van der Waals surface area contributed by atoms with Gasteiger partial charge >= 0.3 is 5.97 Å². The van der Waals surface area contributed by atoms with Crippen LogP contribution < -0.4 is 9.47 Å². The van der Waals surface area contributed by atoms with Crippen molar-refractivity contribution >= 4 is 27.0 Å². The first-order chi connectivity index (χ1) is 19.8. The fourth-order valence-electron chi connectivity index (χ4n) is 5.35. The lowest BCUT2D eigenvalue weighted by Crippen LogP contribution is -2.33. The fourth-order valence-corrected chi connectivity index (χ4v) is 6.27. The third-order valence-electron chi connectivity index (χ3n) is 7.50. The number of hydrogen-bond acceptors (Lipinski definition) is 5. The van der Waals surface area contributed by atoms with Gasteiger partial charge in [-0.2, -0.15) is 0 Å². The summed E-state index contributed by atoms with van der Waals surface area (Å²) in [5.41, 5.74) is 5.76. The van der Waals surface area contributed by atoms with Gasteiger partial charge in [-0.15, -0.1) is 9.93 Å². The number of piperidine rings is 1. The van der Waals surface area contributed by atoms with Crippen molar-refractivity contribution in [3.05, 3.63) is 95.6 Å². The summed E-state index contributed by atoms with van der Waals surface area (Å²) < 4.78 is 23.6. The molecule has 5 nitrogen and oxygen atoms in total. The molecule has 1 heterocycles. The molecule has 1 saturated heterocycles. The Morgan fingerprint density at radius 1 is 0.805 bits per heavy atom. The molecule has 0 amide bonds. The maximum atomic E-state index is 12.3. The zero-order valence-corrected chi connectivity index (χ0v) is 25.7. The van der Waals surface area contributed by atoms with Gasteiger partial charge in [0, 0.05) is 18.7 Å². The van der Waals surface area contributed by atoms with E-state index in [9.17, 15) is 9.00 Å². The number of carbonyl (C=O) groups is 1. The molecule has 0 spiro atoms. The normalized spacial score (nSPS) is 15.2. The Kier molecular flexibility index (Phi) is 11.3. The number of hydrogen-bond donors (Lipinski definition) is 1. The highest BCUT2D eigenvalue weighted by atomic mass is 32.2. The number of thiol groups is 1. The second-order valence-corrected chi connectivity index (χ2v) is 14.8. The minimum atomic E-state index is -2.13. The molecule has 0 radical (unpaired) electrons. The average molecular weight is 576 g/mol. The number of benzene rings is 3. The largest absolute Gasteiger partial charge is 0.492 e. The molecule has 1 aliphatic rings. The number of ether oxygens (including phenoxy) is 2. The van der Waals surface area contributed by atoms with Crippen LogP contribution in [0.3, 0.4) is 0 Å². The molecular formula is C35H45NO4S. The number of nitrogens with zero attached hydrogens (tertiary/aromatic N) is 1. The summed E-state index contributed by atoms with van der Waals surface area (Å²) in [7, 11) is -2.13. The van der Waals surface area contributed by atoms with Crippen LogP contribution in [-0.2, 0) is 14.7 Å². The van der Waals surface area contributed by atoms with Gasteiger partial charge in [0.1, 0.15) is 18.1 Å². The lowest BCUT2D eigenvalue weighted by molar-refractivity contribution is -0.134. The van der Waals surface area contributed by atoms with Gasteiger partial charge in [0.25, 0.3) is 0 Å². The van der Waals surface area contributed by atoms with E-state index in [2.05, 4.69) is 60.4 Å². The Labute approximate surface area is 247 Å². The van der Waals surface area contributed by atoms with Gasteiger partial charge in [-0.3, -0.25) is 13.9 Å². The van der Waals surface area contributed by atoms with Gasteiger partial charge in [-0.05, 0) is 103 Å². The highest BCUT2D eigenvalue weighted by molar-refractivity contribution is 8.01. The van der Waals surface area contributed by atoms with Crippen molar-refractivity contribution in [2.24, 2.45) is 0 Å². The maximum absolute atomic E-state index is 12.3. The van der Waals surface area contributed by atoms with Crippen LogP contribution in [0.25, 0.3) is 11.1 Å². The smallest absolute Gasteiger partial charge is 0.311 e. The van der Waals surface area contributed by atoms with Crippen molar-refractivity contribution < 1.29 is 18.5 Å². The highest BCUT2D eigenvalue weighted by Crippen LogP contribution is 2.35. The minimum absolute atomic E-state index is 0.263. The number of allylic oxidation sites excluding steroid dienone is 1. The zero-order chi connectivity index (χ0) is 29.1. The molecule has 1 aliphatic heterocycles. The van der Waals surface area contributed by atoms with Gasteiger partial charge in [0.05, 0.1) is 0 Å². The van der Waals surface area contributed by atoms with E-state index in [1.54, 1.807) is 12.5 Å². The Hall–Kier alpha value is -3.22. The minimum Gasteiger partial charge on any atom is -0.492 e. The molecule has 41 heavy (non-hydrogen) atoms. The Morgan fingerprint density at radius 2 is 1.41 bits per heavy atom.